The number of hydrogen-bond acceptors (Lipinski definition) is 1. The predicted molar refractivity (Wildman–Crippen MR) is 50.3 cm³/mol. The van der Waals surface area contributed by atoms with Crippen LogP contribution < -0.4 is 5.32 Å². The van der Waals surface area contributed by atoms with E-state index in [1.807, 2.05) is 12.1 Å². The van der Waals surface area contributed by atoms with Crippen LogP contribution in [0.3, 0.4) is 0 Å². The van der Waals surface area contributed by atoms with Gasteiger partial charge in [-0.25, -0.2) is 4.39 Å². The summed E-state index contributed by atoms with van der Waals surface area (Å²) in [5, 5.41) is 2.97. The van der Waals surface area contributed by atoms with E-state index in [9.17, 15) is 4.39 Å². The lowest BCUT2D eigenvalue weighted by Gasteiger charge is -2.03. The summed E-state index contributed by atoms with van der Waals surface area (Å²) in [5.74, 6) is 0. The Kier molecular flexibility index (Phi) is 3.58. The summed E-state index contributed by atoms with van der Waals surface area (Å²) in [4.78, 5) is 0. The highest BCUT2D eigenvalue weighted by atomic mass is 19.1. The van der Waals surface area contributed by atoms with Gasteiger partial charge in [0.15, 0.2) is 0 Å². The second-order valence-electron chi connectivity index (χ2n) is 2.67. The first-order valence-corrected chi connectivity index (χ1v) is 4.25. The summed E-state index contributed by atoms with van der Waals surface area (Å²) in [5.41, 5.74) is 2.30. The van der Waals surface area contributed by atoms with E-state index < -0.39 is 0 Å². The topological polar surface area (TPSA) is 12.0 Å². The third-order valence-corrected chi connectivity index (χ3v) is 1.79. The smallest absolute Gasteiger partial charge is 0.107 e. The second-order valence-corrected chi connectivity index (χ2v) is 2.67. The van der Waals surface area contributed by atoms with Crippen molar-refractivity contribution in [1.29, 1.82) is 0 Å². The number of halogens is 1. The van der Waals surface area contributed by atoms with Gasteiger partial charge in [-0.05, 0) is 24.1 Å². The number of benzene rings is 1. The Morgan fingerprint density at radius 3 is 2.42 bits per heavy atom. The first-order valence-electron chi connectivity index (χ1n) is 4.25. The number of rotatable bonds is 4. The molecule has 0 aliphatic rings. The van der Waals surface area contributed by atoms with Crippen LogP contribution in [-0.4, -0.2) is 13.2 Å². The molecule has 0 atom stereocenters. The quantitative estimate of drug-likeness (QED) is 0.726. The first kappa shape index (κ1) is 9.04. The van der Waals surface area contributed by atoms with E-state index in [4.69, 9.17) is 0 Å². The van der Waals surface area contributed by atoms with Crippen molar-refractivity contribution in [3.63, 3.8) is 0 Å². The molecule has 0 saturated heterocycles. The van der Waals surface area contributed by atoms with Gasteiger partial charge in [0.05, 0.1) is 0 Å². The molecular weight excluding hydrogens is 153 g/mol. The van der Waals surface area contributed by atoms with Crippen molar-refractivity contribution in [3.8, 4) is 0 Å². The Bertz CT molecular complexity index is 218. The van der Waals surface area contributed by atoms with Crippen molar-refractivity contribution in [3.05, 3.63) is 29.8 Å². The van der Waals surface area contributed by atoms with E-state index in [1.165, 1.54) is 5.56 Å². The Balaban J connectivity index is 2.53. The largest absolute Gasteiger partial charge is 0.382 e. The summed E-state index contributed by atoms with van der Waals surface area (Å²) in [6.07, 6.45) is 1.05. The molecular formula is C10H14FN. The van der Waals surface area contributed by atoms with E-state index in [2.05, 4.69) is 24.4 Å². The van der Waals surface area contributed by atoms with Crippen molar-refractivity contribution in [2.24, 2.45) is 0 Å². The molecule has 0 aliphatic carbocycles. The molecule has 1 N–H and O–H groups in total. The zero-order valence-corrected chi connectivity index (χ0v) is 7.31. The molecule has 0 heterocycles. The SMILES string of the molecule is CCc1ccc(NCCF)cc1. The fourth-order valence-electron chi connectivity index (χ4n) is 1.05. The van der Waals surface area contributed by atoms with E-state index >= 15 is 0 Å². The van der Waals surface area contributed by atoms with Gasteiger partial charge in [-0.1, -0.05) is 19.1 Å². The Morgan fingerprint density at radius 1 is 1.25 bits per heavy atom. The molecule has 2 heteroatoms. The second kappa shape index (κ2) is 4.75. The fraction of sp³-hybridized carbons (Fsp3) is 0.400. The van der Waals surface area contributed by atoms with Gasteiger partial charge < -0.3 is 5.32 Å². The van der Waals surface area contributed by atoms with Crippen LogP contribution in [-0.2, 0) is 6.42 Å². The van der Waals surface area contributed by atoms with E-state index in [1.54, 1.807) is 0 Å². The standard InChI is InChI=1S/C10H14FN/c1-2-9-3-5-10(6-4-9)12-8-7-11/h3-6,12H,2,7-8H2,1H3. The van der Waals surface area contributed by atoms with E-state index in [-0.39, 0.29) is 6.67 Å². The minimum absolute atomic E-state index is 0.324. The van der Waals surface area contributed by atoms with Crippen LogP contribution >= 0.6 is 0 Å². The maximum absolute atomic E-state index is 11.8. The average molecular weight is 167 g/mol. The third-order valence-electron chi connectivity index (χ3n) is 1.79. The minimum atomic E-state index is -0.324. The highest BCUT2D eigenvalue weighted by molar-refractivity contribution is 5.44. The third kappa shape index (κ3) is 2.53. The first-order chi connectivity index (χ1) is 5.86. The van der Waals surface area contributed by atoms with Crippen molar-refractivity contribution in [2.75, 3.05) is 18.5 Å². The van der Waals surface area contributed by atoms with Crippen molar-refractivity contribution >= 4 is 5.69 Å². The number of hydrogen-bond donors (Lipinski definition) is 1. The van der Waals surface area contributed by atoms with Gasteiger partial charge in [0, 0.05) is 12.2 Å². The van der Waals surface area contributed by atoms with E-state index in [0.29, 0.717) is 6.54 Å². The highest BCUT2D eigenvalue weighted by Crippen LogP contribution is 2.09. The molecule has 0 aliphatic heterocycles. The number of nitrogens with one attached hydrogen (secondary N) is 1. The lowest BCUT2D eigenvalue weighted by Crippen LogP contribution is -2.02. The summed E-state index contributed by atoms with van der Waals surface area (Å²) < 4.78 is 11.8. The average Bonchev–Trinajstić information content (AvgIpc) is 2.15. The van der Waals surface area contributed by atoms with Crippen LogP contribution in [0.15, 0.2) is 24.3 Å². The molecule has 0 unspecified atom stereocenters. The van der Waals surface area contributed by atoms with Crippen molar-refractivity contribution in [2.45, 2.75) is 13.3 Å². The van der Waals surface area contributed by atoms with E-state index in [0.717, 1.165) is 12.1 Å². The Morgan fingerprint density at radius 2 is 1.92 bits per heavy atom. The van der Waals surface area contributed by atoms with Gasteiger partial charge in [-0.3, -0.25) is 0 Å². The molecule has 0 bridgehead atoms. The minimum Gasteiger partial charge on any atom is -0.382 e. The van der Waals surface area contributed by atoms with Gasteiger partial charge >= 0.3 is 0 Å². The lowest BCUT2D eigenvalue weighted by molar-refractivity contribution is 0.513. The van der Waals surface area contributed by atoms with Gasteiger partial charge in [0.2, 0.25) is 0 Å². The molecule has 1 nitrogen and oxygen atoms in total. The predicted octanol–water partition coefficient (Wildman–Crippen LogP) is 2.63. The zero-order chi connectivity index (χ0) is 8.81. The maximum atomic E-state index is 11.8. The molecule has 0 amide bonds. The Labute approximate surface area is 72.6 Å². The monoisotopic (exact) mass is 167 g/mol. The molecule has 1 aromatic carbocycles. The lowest BCUT2D eigenvalue weighted by atomic mass is 10.1. The van der Waals surface area contributed by atoms with Crippen molar-refractivity contribution in [1.82, 2.24) is 0 Å². The van der Waals surface area contributed by atoms with Gasteiger partial charge in [0.25, 0.3) is 0 Å². The number of anilines is 1. The molecule has 12 heavy (non-hydrogen) atoms. The van der Waals surface area contributed by atoms with Gasteiger partial charge in [-0.15, -0.1) is 0 Å². The van der Waals surface area contributed by atoms with Crippen LogP contribution in [0.2, 0.25) is 0 Å². The fourth-order valence-corrected chi connectivity index (χ4v) is 1.05. The van der Waals surface area contributed by atoms with Crippen LogP contribution in [0.1, 0.15) is 12.5 Å². The van der Waals surface area contributed by atoms with Crippen LogP contribution in [0.25, 0.3) is 0 Å². The molecule has 1 aromatic rings. The summed E-state index contributed by atoms with van der Waals surface area (Å²) >= 11 is 0. The number of aryl methyl sites for hydroxylation is 1. The summed E-state index contributed by atoms with van der Waals surface area (Å²) in [7, 11) is 0. The molecule has 1 rings (SSSR count). The molecule has 0 radical (unpaired) electrons. The highest BCUT2D eigenvalue weighted by Gasteiger charge is 1.90. The van der Waals surface area contributed by atoms with Crippen LogP contribution in [0.4, 0.5) is 10.1 Å². The van der Waals surface area contributed by atoms with Crippen molar-refractivity contribution < 1.29 is 4.39 Å². The number of alkyl halides is 1. The normalized spacial score (nSPS) is 9.83. The van der Waals surface area contributed by atoms with Gasteiger partial charge in [-0.2, -0.15) is 0 Å². The van der Waals surface area contributed by atoms with Gasteiger partial charge in [0.1, 0.15) is 6.67 Å². The van der Waals surface area contributed by atoms with Crippen LogP contribution in [0, 0.1) is 0 Å². The van der Waals surface area contributed by atoms with Crippen LogP contribution in [0.5, 0.6) is 0 Å². The molecule has 0 aromatic heterocycles. The Hall–Kier alpha value is -1.05. The maximum Gasteiger partial charge on any atom is 0.107 e. The summed E-state index contributed by atoms with van der Waals surface area (Å²) in [6.45, 7) is 2.19. The molecule has 0 spiro atoms. The summed E-state index contributed by atoms with van der Waals surface area (Å²) in [6, 6.07) is 8.07. The molecule has 0 fully saturated rings. The molecule has 0 saturated carbocycles. The zero-order valence-electron chi connectivity index (χ0n) is 7.31. The molecule has 66 valence electrons.